The summed E-state index contributed by atoms with van der Waals surface area (Å²) in [7, 11) is 0. The highest BCUT2D eigenvalue weighted by molar-refractivity contribution is 5.72. The van der Waals surface area contributed by atoms with Gasteiger partial charge in [-0.15, -0.1) is 0 Å². The summed E-state index contributed by atoms with van der Waals surface area (Å²) in [5.74, 6) is -1.03. The zero-order valence-electron chi connectivity index (χ0n) is 10.9. The minimum Gasteiger partial charge on any atom is -0.391 e. The summed E-state index contributed by atoms with van der Waals surface area (Å²) >= 11 is 0. The van der Waals surface area contributed by atoms with Crippen molar-refractivity contribution in [3.05, 3.63) is 65.7 Å². The van der Waals surface area contributed by atoms with Gasteiger partial charge in [0, 0.05) is 17.2 Å². The standard InChI is InChI=1S/C16H11F2NO2/c17-12-6-11(7-13(18)8-12)15-14(9-20)16(21-19-15)10-4-2-1-3-5-10/h1-8,20H,9H2. The Morgan fingerprint density at radius 2 is 1.62 bits per heavy atom. The molecule has 3 nitrogen and oxygen atoms in total. The van der Waals surface area contributed by atoms with E-state index in [4.69, 9.17) is 4.52 Å². The van der Waals surface area contributed by atoms with Gasteiger partial charge in [0.25, 0.3) is 0 Å². The van der Waals surface area contributed by atoms with Gasteiger partial charge in [0.1, 0.15) is 17.3 Å². The summed E-state index contributed by atoms with van der Waals surface area (Å²) in [4.78, 5) is 0. The molecule has 0 aliphatic heterocycles. The quantitative estimate of drug-likeness (QED) is 0.797. The SMILES string of the molecule is OCc1c(-c2cc(F)cc(F)c2)noc1-c1ccccc1. The summed E-state index contributed by atoms with van der Waals surface area (Å²) in [6, 6.07) is 12.2. The first kappa shape index (κ1) is 13.5. The zero-order valence-corrected chi connectivity index (χ0v) is 10.9. The predicted molar refractivity (Wildman–Crippen MR) is 73.2 cm³/mol. The van der Waals surface area contributed by atoms with Crippen molar-refractivity contribution in [3.8, 4) is 22.6 Å². The Morgan fingerprint density at radius 1 is 0.952 bits per heavy atom. The van der Waals surface area contributed by atoms with Gasteiger partial charge < -0.3 is 9.63 Å². The average Bonchev–Trinajstić information content (AvgIpc) is 2.91. The number of rotatable bonds is 3. The van der Waals surface area contributed by atoms with Crippen molar-refractivity contribution >= 4 is 0 Å². The molecule has 0 unspecified atom stereocenters. The molecule has 0 spiro atoms. The first-order valence-corrected chi connectivity index (χ1v) is 6.30. The van der Waals surface area contributed by atoms with Gasteiger partial charge >= 0.3 is 0 Å². The third-order valence-electron chi connectivity index (χ3n) is 3.12. The molecule has 1 heterocycles. The minimum absolute atomic E-state index is 0.225. The van der Waals surface area contributed by atoms with Crippen LogP contribution >= 0.6 is 0 Å². The van der Waals surface area contributed by atoms with Crippen molar-refractivity contribution in [2.24, 2.45) is 0 Å². The predicted octanol–water partition coefficient (Wildman–Crippen LogP) is 3.78. The van der Waals surface area contributed by atoms with E-state index in [-0.39, 0.29) is 17.9 Å². The topological polar surface area (TPSA) is 46.3 Å². The molecule has 0 aliphatic rings. The molecular formula is C16H11F2NO2. The number of aliphatic hydroxyl groups is 1. The summed E-state index contributed by atoms with van der Waals surface area (Å²) in [5.41, 5.74) is 1.58. The third kappa shape index (κ3) is 2.55. The van der Waals surface area contributed by atoms with Crippen LogP contribution in [0, 0.1) is 11.6 Å². The first-order valence-electron chi connectivity index (χ1n) is 6.30. The summed E-state index contributed by atoms with van der Waals surface area (Å²) in [6.07, 6.45) is 0. The fourth-order valence-electron chi connectivity index (χ4n) is 2.19. The number of hydrogen-bond acceptors (Lipinski definition) is 3. The monoisotopic (exact) mass is 287 g/mol. The van der Waals surface area contributed by atoms with Gasteiger partial charge in [0.05, 0.1) is 12.2 Å². The largest absolute Gasteiger partial charge is 0.391 e. The van der Waals surface area contributed by atoms with E-state index in [1.165, 1.54) is 0 Å². The molecule has 0 amide bonds. The molecule has 1 aromatic heterocycles. The van der Waals surface area contributed by atoms with E-state index in [0.29, 0.717) is 11.3 Å². The van der Waals surface area contributed by atoms with Crippen LogP contribution in [0.4, 0.5) is 8.78 Å². The lowest BCUT2D eigenvalue weighted by Crippen LogP contribution is -1.91. The maximum absolute atomic E-state index is 13.3. The number of nitrogens with zero attached hydrogens (tertiary/aromatic N) is 1. The van der Waals surface area contributed by atoms with Crippen molar-refractivity contribution in [1.29, 1.82) is 0 Å². The van der Waals surface area contributed by atoms with Gasteiger partial charge in [0.2, 0.25) is 0 Å². The highest BCUT2D eigenvalue weighted by Crippen LogP contribution is 2.32. The van der Waals surface area contributed by atoms with Crippen molar-refractivity contribution in [2.75, 3.05) is 0 Å². The molecule has 0 bridgehead atoms. The van der Waals surface area contributed by atoms with Crippen molar-refractivity contribution < 1.29 is 18.4 Å². The molecule has 1 N–H and O–H groups in total. The smallest absolute Gasteiger partial charge is 0.173 e. The maximum Gasteiger partial charge on any atom is 0.173 e. The van der Waals surface area contributed by atoms with E-state index in [1.807, 2.05) is 18.2 Å². The highest BCUT2D eigenvalue weighted by Gasteiger charge is 2.19. The number of aliphatic hydroxyl groups excluding tert-OH is 1. The van der Waals surface area contributed by atoms with Gasteiger partial charge in [-0.3, -0.25) is 0 Å². The average molecular weight is 287 g/mol. The molecule has 21 heavy (non-hydrogen) atoms. The van der Waals surface area contributed by atoms with E-state index in [1.54, 1.807) is 12.1 Å². The molecule has 0 saturated carbocycles. The van der Waals surface area contributed by atoms with Crippen LogP contribution in [-0.2, 0) is 6.61 Å². The molecule has 5 heteroatoms. The van der Waals surface area contributed by atoms with Crippen molar-refractivity contribution in [2.45, 2.75) is 6.61 Å². The fourth-order valence-corrected chi connectivity index (χ4v) is 2.19. The molecule has 3 aromatic rings. The molecule has 0 aliphatic carbocycles. The van der Waals surface area contributed by atoms with Gasteiger partial charge in [-0.1, -0.05) is 35.5 Å². The Morgan fingerprint density at radius 3 is 2.24 bits per heavy atom. The lowest BCUT2D eigenvalue weighted by molar-refractivity contribution is 0.281. The molecule has 106 valence electrons. The molecule has 0 radical (unpaired) electrons. The normalized spacial score (nSPS) is 10.8. The molecule has 0 saturated heterocycles. The minimum atomic E-state index is -0.710. The molecule has 0 fully saturated rings. The number of benzene rings is 2. The van der Waals surface area contributed by atoms with E-state index in [0.717, 1.165) is 23.8 Å². The Bertz CT molecular complexity index is 749. The number of aromatic nitrogens is 1. The lowest BCUT2D eigenvalue weighted by Gasteiger charge is -2.02. The Kier molecular flexibility index (Phi) is 3.50. The second-order valence-electron chi connectivity index (χ2n) is 4.52. The number of halogens is 2. The van der Waals surface area contributed by atoms with E-state index in [2.05, 4.69) is 5.16 Å². The van der Waals surface area contributed by atoms with Crippen LogP contribution in [0.3, 0.4) is 0 Å². The molecule has 0 atom stereocenters. The summed E-state index contributed by atoms with van der Waals surface area (Å²) in [6.45, 7) is -0.346. The highest BCUT2D eigenvalue weighted by atomic mass is 19.1. The first-order chi connectivity index (χ1) is 10.2. The Balaban J connectivity index is 2.15. The Hall–Kier alpha value is -2.53. The fraction of sp³-hybridized carbons (Fsp3) is 0.0625. The van der Waals surface area contributed by atoms with Gasteiger partial charge in [-0.05, 0) is 12.1 Å². The third-order valence-corrected chi connectivity index (χ3v) is 3.12. The lowest BCUT2D eigenvalue weighted by atomic mass is 10.0. The van der Waals surface area contributed by atoms with E-state index >= 15 is 0 Å². The van der Waals surface area contributed by atoms with E-state index in [9.17, 15) is 13.9 Å². The second kappa shape index (κ2) is 5.46. The van der Waals surface area contributed by atoms with Crippen LogP contribution in [0.15, 0.2) is 53.1 Å². The van der Waals surface area contributed by atoms with Crippen LogP contribution in [-0.4, -0.2) is 10.3 Å². The molecule has 3 rings (SSSR count). The van der Waals surface area contributed by atoms with Crippen LogP contribution in [0.25, 0.3) is 22.6 Å². The zero-order chi connectivity index (χ0) is 14.8. The second-order valence-corrected chi connectivity index (χ2v) is 4.52. The maximum atomic E-state index is 13.3. The van der Waals surface area contributed by atoms with Crippen LogP contribution < -0.4 is 0 Å². The summed E-state index contributed by atoms with van der Waals surface area (Å²) < 4.78 is 31.9. The molecule has 2 aromatic carbocycles. The Labute approximate surface area is 119 Å². The van der Waals surface area contributed by atoms with Gasteiger partial charge in [-0.2, -0.15) is 0 Å². The van der Waals surface area contributed by atoms with Crippen molar-refractivity contribution in [1.82, 2.24) is 5.16 Å². The number of hydrogen-bond donors (Lipinski definition) is 1. The van der Waals surface area contributed by atoms with E-state index < -0.39 is 11.6 Å². The van der Waals surface area contributed by atoms with Crippen LogP contribution in [0.5, 0.6) is 0 Å². The molecular weight excluding hydrogens is 276 g/mol. The van der Waals surface area contributed by atoms with Gasteiger partial charge in [-0.25, -0.2) is 8.78 Å². The van der Waals surface area contributed by atoms with Crippen molar-refractivity contribution in [3.63, 3.8) is 0 Å². The summed E-state index contributed by atoms with van der Waals surface area (Å²) in [5, 5.41) is 13.4. The van der Waals surface area contributed by atoms with Gasteiger partial charge in [0.15, 0.2) is 5.76 Å². The van der Waals surface area contributed by atoms with Crippen LogP contribution in [0.2, 0.25) is 0 Å². The van der Waals surface area contributed by atoms with Crippen LogP contribution in [0.1, 0.15) is 5.56 Å².